The van der Waals surface area contributed by atoms with Crippen molar-refractivity contribution in [1.82, 2.24) is 10.2 Å². The fraction of sp³-hybridized carbons (Fsp3) is 0.400. The van der Waals surface area contributed by atoms with E-state index in [9.17, 15) is 0 Å². The van der Waals surface area contributed by atoms with Gasteiger partial charge in [0.05, 0.1) is 11.5 Å². The molecule has 2 aromatic heterocycles. The highest BCUT2D eigenvalue weighted by molar-refractivity contribution is 7.99. The first-order chi connectivity index (χ1) is 13.2. The summed E-state index contributed by atoms with van der Waals surface area (Å²) < 4.78 is 11.5. The molecule has 0 spiro atoms. The summed E-state index contributed by atoms with van der Waals surface area (Å²) in [5.41, 5.74) is 1.46. The zero-order valence-corrected chi connectivity index (χ0v) is 17.5. The van der Waals surface area contributed by atoms with E-state index >= 15 is 0 Å². The maximum atomic E-state index is 5.86. The Bertz CT molecular complexity index is 892. The molecule has 1 aromatic carbocycles. The van der Waals surface area contributed by atoms with Gasteiger partial charge in [0, 0.05) is 15.7 Å². The number of fused-ring (bicyclic) bond motifs is 1. The Morgan fingerprint density at radius 2 is 2.15 bits per heavy atom. The molecular formula is C20H21ClN2O2S2. The van der Waals surface area contributed by atoms with Gasteiger partial charge < -0.3 is 9.15 Å². The number of rotatable bonds is 7. The van der Waals surface area contributed by atoms with Crippen molar-refractivity contribution in [3.8, 4) is 16.5 Å². The molecule has 0 N–H and O–H groups in total. The van der Waals surface area contributed by atoms with Crippen LogP contribution >= 0.6 is 34.7 Å². The van der Waals surface area contributed by atoms with Crippen LogP contribution in [0, 0.1) is 5.92 Å². The molecule has 2 heterocycles. The number of nitrogens with zero attached hydrogens (tertiary/aromatic N) is 2. The molecule has 4 nitrogen and oxygen atoms in total. The van der Waals surface area contributed by atoms with E-state index in [-0.39, 0.29) is 0 Å². The van der Waals surface area contributed by atoms with E-state index in [1.54, 1.807) is 23.1 Å². The van der Waals surface area contributed by atoms with Gasteiger partial charge >= 0.3 is 0 Å². The maximum absolute atomic E-state index is 5.86. The third-order valence-electron chi connectivity index (χ3n) is 4.54. The molecule has 1 aliphatic rings. The molecule has 0 bridgehead atoms. The van der Waals surface area contributed by atoms with E-state index in [1.165, 1.54) is 23.3 Å². The summed E-state index contributed by atoms with van der Waals surface area (Å²) in [7, 11) is 0. The third kappa shape index (κ3) is 4.86. The first kappa shape index (κ1) is 18.8. The summed E-state index contributed by atoms with van der Waals surface area (Å²) >= 11 is 9.24. The average Bonchev–Trinajstić information content (AvgIpc) is 3.29. The molecule has 0 fully saturated rings. The van der Waals surface area contributed by atoms with Gasteiger partial charge in [-0.3, -0.25) is 0 Å². The van der Waals surface area contributed by atoms with Crippen LogP contribution in [0.2, 0.25) is 5.02 Å². The Hall–Kier alpha value is -1.50. The van der Waals surface area contributed by atoms with E-state index < -0.39 is 0 Å². The second-order valence-electron chi connectivity index (χ2n) is 6.78. The number of ether oxygens (including phenoxy) is 1. The van der Waals surface area contributed by atoms with Crippen molar-refractivity contribution < 1.29 is 9.15 Å². The van der Waals surface area contributed by atoms with Crippen LogP contribution in [0.15, 0.2) is 40.0 Å². The number of thioether (sulfide) groups is 1. The van der Waals surface area contributed by atoms with Gasteiger partial charge in [-0.1, -0.05) is 30.3 Å². The number of halogens is 1. The molecule has 0 saturated heterocycles. The highest BCUT2D eigenvalue weighted by Gasteiger charge is 2.20. The number of benzene rings is 1. The Morgan fingerprint density at radius 1 is 1.30 bits per heavy atom. The SMILES string of the molecule is C[C@H]1CCc2sc(-c3nnc(SCCCOc4ccc(Cl)cc4)o3)cc2C1. The van der Waals surface area contributed by atoms with Gasteiger partial charge in [0.25, 0.3) is 11.1 Å². The standard InChI is InChI=1S/C20H21ClN2O2S2/c1-13-3-8-17-14(11-13)12-18(27-17)19-22-23-20(25-19)26-10-2-9-24-16-6-4-15(21)5-7-16/h4-7,12-13H,2-3,8-11H2,1H3/t13-/m0/s1. The van der Waals surface area contributed by atoms with Crippen LogP contribution in [0.3, 0.4) is 0 Å². The van der Waals surface area contributed by atoms with Crippen molar-refractivity contribution in [2.24, 2.45) is 5.92 Å². The molecule has 0 unspecified atom stereocenters. The smallest absolute Gasteiger partial charge is 0.276 e. The zero-order valence-electron chi connectivity index (χ0n) is 15.1. The third-order valence-corrected chi connectivity index (χ3v) is 6.92. The van der Waals surface area contributed by atoms with Crippen molar-refractivity contribution >= 4 is 34.7 Å². The first-order valence-electron chi connectivity index (χ1n) is 9.14. The molecule has 1 aliphatic carbocycles. The summed E-state index contributed by atoms with van der Waals surface area (Å²) in [6.07, 6.45) is 4.51. The van der Waals surface area contributed by atoms with Gasteiger partial charge in [-0.05, 0) is 67.5 Å². The average molecular weight is 421 g/mol. The topological polar surface area (TPSA) is 48.2 Å². The van der Waals surface area contributed by atoms with E-state index in [0.29, 0.717) is 22.7 Å². The van der Waals surface area contributed by atoms with Crippen molar-refractivity contribution in [2.75, 3.05) is 12.4 Å². The van der Waals surface area contributed by atoms with Crippen molar-refractivity contribution in [2.45, 2.75) is 37.8 Å². The fourth-order valence-electron chi connectivity index (χ4n) is 3.12. The van der Waals surface area contributed by atoms with Crippen LogP contribution in [-0.2, 0) is 12.8 Å². The van der Waals surface area contributed by atoms with Crippen LogP contribution in [0.25, 0.3) is 10.8 Å². The van der Waals surface area contributed by atoms with Gasteiger partial charge in [-0.2, -0.15) is 0 Å². The second-order valence-corrected chi connectivity index (χ2v) is 9.40. The lowest BCUT2D eigenvalue weighted by Gasteiger charge is -2.16. The second kappa shape index (κ2) is 8.67. The lowest BCUT2D eigenvalue weighted by Crippen LogP contribution is -2.07. The largest absolute Gasteiger partial charge is 0.494 e. The fourth-order valence-corrected chi connectivity index (χ4v) is 5.05. The molecule has 0 aliphatic heterocycles. The minimum Gasteiger partial charge on any atom is -0.494 e. The lowest BCUT2D eigenvalue weighted by atomic mass is 9.90. The Morgan fingerprint density at radius 3 is 3.00 bits per heavy atom. The predicted octanol–water partition coefficient (Wildman–Crippen LogP) is 6.14. The molecule has 0 amide bonds. The molecule has 0 saturated carbocycles. The molecule has 3 aromatic rings. The number of aryl methyl sites for hydroxylation is 1. The van der Waals surface area contributed by atoms with Gasteiger partial charge in [0.1, 0.15) is 5.75 Å². The van der Waals surface area contributed by atoms with Gasteiger partial charge in [-0.25, -0.2) is 0 Å². The first-order valence-corrected chi connectivity index (χ1v) is 11.3. The summed E-state index contributed by atoms with van der Waals surface area (Å²) in [4.78, 5) is 2.58. The number of hydrogen-bond donors (Lipinski definition) is 0. The quantitative estimate of drug-likeness (QED) is 0.339. The summed E-state index contributed by atoms with van der Waals surface area (Å²) in [6, 6.07) is 9.64. The number of thiophene rings is 1. The van der Waals surface area contributed by atoms with Crippen LogP contribution in [-0.4, -0.2) is 22.6 Å². The normalized spacial score (nSPS) is 16.3. The maximum Gasteiger partial charge on any atom is 0.276 e. The van der Waals surface area contributed by atoms with Crippen LogP contribution in [0.4, 0.5) is 0 Å². The van der Waals surface area contributed by atoms with Crippen molar-refractivity contribution in [1.29, 1.82) is 0 Å². The summed E-state index contributed by atoms with van der Waals surface area (Å²) in [5.74, 6) is 3.11. The molecule has 7 heteroatoms. The monoisotopic (exact) mass is 420 g/mol. The summed E-state index contributed by atoms with van der Waals surface area (Å²) in [5, 5.41) is 9.75. The number of aromatic nitrogens is 2. The van der Waals surface area contributed by atoms with E-state index in [1.807, 2.05) is 24.3 Å². The van der Waals surface area contributed by atoms with E-state index in [0.717, 1.165) is 35.1 Å². The van der Waals surface area contributed by atoms with E-state index in [4.69, 9.17) is 20.8 Å². The predicted molar refractivity (Wildman–Crippen MR) is 111 cm³/mol. The van der Waals surface area contributed by atoms with Crippen LogP contribution in [0.5, 0.6) is 5.75 Å². The van der Waals surface area contributed by atoms with Crippen LogP contribution < -0.4 is 4.74 Å². The minimum atomic E-state index is 0.622. The Balaban J connectivity index is 1.25. The number of hydrogen-bond acceptors (Lipinski definition) is 6. The molecule has 142 valence electrons. The zero-order chi connectivity index (χ0) is 18.6. The molecular weight excluding hydrogens is 400 g/mol. The highest BCUT2D eigenvalue weighted by Crippen LogP contribution is 2.37. The molecule has 1 atom stereocenters. The lowest BCUT2D eigenvalue weighted by molar-refractivity contribution is 0.318. The Labute approximate surface area is 172 Å². The van der Waals surface area contributed by atoms with Gasteiger partial charge in [0.2, 0.25) is 0 Å². The summed E-state index contributed by atoms with van der Waals surface area (Å²) in [6.45, 7) is 2.96. The van der Waals surface area contributed by atoms with E-state index in [2.05, 4.69) is 23.2 Å². The minimum absolute atomic E-state index is 0.622. The van der Waals surface area contributed by atoms with Crippen LogP contribution in [0.1, 0.15) is 30.2 Å². The van der Waals surface area contributed by atoms with Crippen molar-refractivity contribution in [3.05, 3.63) is 45.8 Å². The van der Waals surface area contributed by atoms with Gasteiger partial charge in [-0.15, -0.1) is 21.5 Å². The van der Waals surface area contributed by atoms with Gasteiger partial charge in [0.15, 0.2) is 0 Å². The molecule has 27 heavy (non-hydrogen) atoms. The molecule has 4 rings (SSSR count). The highest BCUT2D eigenvalue weighted by atomic mass is 35.5. The Kier molecular flexibility index (Phi) is 6.05. The molecule has 0 radical (unpaired) electrons. The van der Waals surface area contributed by atoms with Crippen molar-refractivity contribution in [3.63, 3.8) is 0 Å².